The van der Waals surface area contributed by atoms with Crippen LogP contribution in [0.1, 0.15) is 13.3 Å². The Hall–Kier alpha value is -0.600. The molecule has 64 valence electrons. The molecule has 0 aliphatic carbocycles. The Labute approximate surface area is 69.0 Å². The van der Waals surface area contributed by atoms with Crippen LogP contribution in [0.2, 0.25) is 0 Å². The fraction of sp³-hybridized carbons (Fsp3) is 0.556. The van der Waals surface area contributed by atoms with Crippen molar-refractivity contribution in [2.45, 2.75) is 25.4 Å². The van der Waals surface area contributed by atoms with Crippen LogP contribution in [0.4, 0.5) is 0 Å². The van der Waals surface area contributed by atoms with E-state index in [1.54, 1.807) is 6.08 Å². The van der Waals surface area contributed by atoms with Crippen LogP contribution in [0.25, 0.3) is 0 Å². The van der Waals surface area contributed by atoms with E-state index < -0.39 is 0 Å². The second-order valence-electron chi connectivity index (χ2n) is 2.86. The molecule has 0 amide bonds. The molecular weight excluding hydrogens is 136 g/mol. The monoisotopic (exact) mass is 154 g/mol. The molecule has 0 aromatic heterocycles. The van der Waals surface area contributed by atoms with Crippen LogP contribution in [0, 0.1) is 5.92 Å². The van der Waals surface area contributed by atoms with Gasteiger partial charge in [0.05, 0.1) is 0 Å². The summed E-state index contributed by atoms with van der Waals surface area (Å²) >= 11 is 0. The third-order valence-corrected chi connectivity index (χ3v) is 1.91. The van der Waals surface area contributed by atoms with Crippen LogP contribution in [0.5, 0.6) is 0 Å². The lowest BCUT2D eigenvalue weighted by Crippen LogP contribution is -2.44. The predicted octanol–water partition coefficient (Wildman–Crippen LogP) is 1.04. The average molecular weight is 154 g/mol. The average Bonchev–Trinajstić information content (AvgIpc) is 2.02. The highest BCUT2D eigenvalue weighted by atomic mass is 14.8. The largest absolute Gasteiger partial charge is 0.326 e. The van der Waals surface area contributed by atoms with E-state index in [9.17, 15) is 0 Å². The third kappa shape index (κ3) is 3.35. The topological polar surface area (TPSA) is 52.0 Å². The zero-order chi connectivity index (χ0) is 8.85. The second kappa shape index (κ2) is 5.10. The minimum Gasteiger partial charge on any atom is -0.326 e. The van der Waals surface area contributed by atoms with Crippen LogP contribution >= 0.6 is 0 Å². The smallest absolute Gasteiger partial charge is 0.0256 e. The number of hydrogen-bond donors (Lipinski definition) is 2. The summed E-state index contributed by atoms with van der Waals surface area (Å²) in [5, 5.41) is 0. The highest BCUT2D eigenvalue weighted by Crippen LogP contribution is 2.06. The number of hydrogen-bond acceptors (Lipinski definition) is 2. The Balaban J connectivity index is 3.88. The van der Waals surface area contributed by atoms with E-state index in [4.69, 9.17) is 11.5 Å². The van der Waals surface area contributed by atoms with Crippen molar-refractivity contribution in [3.63, 3.8) is 0 Å². The molecule has 0 bridgehead atoms. The van der Waals surface area contributed by atoms with Crippen molar-refractivity contribution < 1.29 is 0 Å². The Morgan fingerprint density at radius 3 is 2.27 bits per heavy atom. The quantitative estimate of drug-likeness (QED) is 0.581. The summed E-state index contributed by atoms with van der Waals surface area (Å²) in [4.78, 5) is 0. The molecular formula is C9H18N2. The highest BCUT2D eigenvalue weighted by Gasteiger charge is 2.15. The van der Waals surface area contributed by atoms with E-state index >= 15 is 0 Å². The molecule has 0 aromatic rings. The maximum absolute atomic E-state index is 5.81. The molecule has 3 unspecified atom stereocenters. The van der Waals surface area contributed by atoms with E-state index in [1.807, 2.05) is 13.0 Å². The maximum Gasteiger partial charge on any atom is 0.0256 e. The summed E-state index contributed by atoms with van der Waals surface area (Å²) in [5.74, 6) is 0.268. The molecule has 0 aliphatic heterocycles. The van der Waals surface area contributed by atoms with Gasteiger partial charge in [-0.15, -0.1) is 13.2 Å². The molecule has 0 spiro atoms. The maximum atomic E-state index is 5.81. The lowest BCUT2D eigenvalue weighted by Gasteiger charge is -2.22. The van der Waals surface area contributed by atoms with Gasteiger partial charge in [-0.1, -0.05) is 19.1 Å². The SMILES string of the molecule is C=CCC(N)C(N)C(C)C=C. The third-order valence-electron chi connectivity index (χ3n) is 1.91. The zero-order valence-electron chi connectivity index (χ0n) is 7.16. The summed E-state index contributed by atoms with van der Waals surface area (Å²) in [6, 6.07) is -0.00833. The molecule has 0 aliphatic rings. The molecule has 3 atom stereocenters. The van der Waals surface area contributed by atoms with Gasteiger partial charge in [-0.25, -0.2) is 0 Å². The molecule has 0 saturated heterocycles. The normalized spacial score (nSPS) is 18.5. The van der Waals surface area contributed by atoms with Gasteiger partial charge in [0.15, 0.2) is 0 Å². The first-order valence-corrected chi connectivity index (χ1v) is 3.88. The van der Waals surface area contributed by atoms with Crippen molar-refractivity contribution in [3.8, 4) is 0 Å². The fourth-order valence-corrected chi connectivity index (χ4v) is 0.897. The molecule has 4 N–H and O–H groups in total. The molecule has 0 saturated carbocycles. The van der Waals surface area contributed by atoms with Crippen LogP contribution in [0.3, 0.4) is 0 Å². The molecule has 2 nitrogen and oxygen atoms in total. The standard InChI is InChI=1S/C9H18N2/c1-4-6-8(10)9(11)7(3)5-2/h4-5,7-9H,1-2,6,10-11H2,3H3. The molecule has 0 radical (unpaired) electrons. The van der Waals surface area contributed by atoms with E-state index in [-0.39, 0.29) is 18.0 Å². The van der Waals surface area contributed by atoms with Crippen molar-refractivity contribution >= 4 is 0 Å². The summed E-state index contributed by atoms with van der Waals surface area (Å²) in [6.07, 6.45) is 4.38. The van der Waals surface area contributed by atoms with Gasteiger partial charge in [0.1, 0.15) is 0 Å². The summed E-state index contributed by atoms with van der Waals surface area (Å²) in [5.41, 5.74) is 11.6. The van der Waals surface area contributed by atoms with Gasteiger partial charge in [0.2, 0.25) is 0 Å². The molecule has 0 aromatic carbocycles. The van der Waals surface area contributed by atoms with Gasteiger partial charge in [-0.05, 0) is 12.3 Å². The molecule has 0 fully saturated rings. The van der Waals surface area contributed by atoms with Crippen molar-refractivity contribution in [2.75, 3.05) is 0 Å². The number of nitrogens with two attached hydrogens (primary N) is 2. The Bertz CT molecular complexity index is 132. The van der Waals surface area contributed by atoms with Crippen molar-refractivity contribution in [3.05, 3.63) is 25.3 Å². The number of rotatable bonds is 5. The van der Waals surface area contributed by atoms with Gasteiger partial charge in [-0.2, -0.15) is 0 Å². The second-order valence-corrected chi connectivity index (χ2v) is 2.86. The first-order chi connectivity index (χ1) is 5.13. The minimum atomic E-state index is -0.00880. The molecule has 2 heteroatoms. The van der Waals surface area contributed by atoms with Gasteiger partial charge in [-0.3, -0.25) is 0 Å². The van der Waals surface area contributed by atoms with E-state index in [1.165, 1.54) is 0 Å². The van der Waals surface area contributed by atoms with Crippen LogP contribution in [0.15, 0.2) is 25.3 Å². The Morgan fingerprint density at radius 2 is 1.91 bits per heavy atom. The molecule has 0 rings (SSSR count). The van der Waals surface area contributed by atoms with Crippen LogP contribution in [-0.2, 0) is 0 Å². The Kier molecular flexibility index (Phi) is 4.83. The van der Waals surface area contributed by atoms with Gasteiger partial charge in [0, 0.05) is 12.1 Å². The van der Waals surface area contributed by atoms with Gasteiger partial charge in [0.25, 0.3) is 0 Å². The van der Waals surface area contributed by atoms with Crippen LogP contribution < -0.4 is 11.5 Å². The summed E-state index contributed by atoms with van der Waals surface area (Å²) in [7, 11) is 0. The first-order valence-electron chi connectivity index (χ1n) is 3.88. The van der Waals surface area contributed by atoms with Gasteiger partial charge < -0.3 is 11.5 Å². The van der Waals surface area contributed by atoms with Crippen LogP contribution in [-0.4, -0.2) is 12.1 Å². The lowest BCUT2D eigenvalue weighted by atomic mass is 9.94. The van der Waals surface area contributed by atoms with Crippen molar-refractivity contribution in [2.24, 2.45) is 17.4 Å². The minimum absolute atomic E-state index is 0.000463. The van der Waals surface area contributed by atoms with E-state index in [2.05, 4.69) is 13.2 Å². The Morgan fingerprint density at radius 1 is 1.36 bits per heavy atom. The summed E-state index contributed by atoms with van der Waals surface area (Å²) < 4.78 is 0. The summed E-state index contributed by atoms with van der Waals surface area (Å²) in [6.45, 7) is 9.28. The fourth-order valence-electron chi connectivity index (χ4n) is 0.897. The van der Waals surface area contributed by atoms with E-state index in [0.717, 1.165) is 6.42 Å². The van der Waals surface area contributed by atoms with Crippen molar-refractivity contribution in [1.82, 2.24) is 0 Å². The molecule has 0 heterocycles. The first kappa shape index (κ1) is 10.4. The van der Waals surface area contributed by atoms with Gasteiger partial charge >= 0.3 is 0 Å². The zero-order valence-corrected chi connectivity index (χ0v) is 7.16. The predicted molar refractivity (Wildman–Crippen MR) is 50.1 cm³/mol. The van der Waals surface area contributed by atoms with Crippen molar-refractivity contribution in [1.29, 1.82) is 0 Å². The van der Waals surface area contributed by atoms with E-state index in [0.29, 0.717) is 0 Å². The highest BCUT2D eigenvalue weighted by molar-refractivity contribution is 4.92. The lowest BCUT2D eigenvalue weighted by molar-refractivity contribution is 0.447. The molecule has 11 heavy (non-hydrogen) atoms.